The van der Waals surface area contributed by atoms with Gasteiger partial charge >= 0.3 is 0 Å². The first kappa shape index (κ1) is 25.4. The maximum Gasteiger partial charge on any atom is 0.257 e. The number of carbonyl (C=O) groups excluding carboxylic acids is 2. The molecule has 0 unspecified atom stereocenters. The Morgan fingerprint density at radius 1 is 0.622 bits per heavy atom. The predicted octanol–water partition coefficient (Wildman–Crippen LogP) is 5.52. The Labute approximate surface area is 220 Å². The third-order valence-corrected chi connectivity index (χ3v) is 5.36. The van der Waals surface area contributed by atoms with Gasteiger partial charge in [-0.15, -0.1) is 0 Å². The zero-order valence-corrected chi connectivity index (χ0v) is 20.7. The molecular weight excluding hydrogens is 486 g/mol. The van der Waals surface area contributed by atoms with Crippen LogP contribution in [-0.2, 0) is 0 Å². The molecule has 7 nitrogen and oxygen atoms in total. The average molecular weight is 512 g/mol. The van der Waals surface area contributed by atoms with E-state index in [1.54, 1.807) is 60.7 Å². The highest BCUT2D eigenvalue weighted by atomic mass is 32.1. The van der Waals surface area contributed by atoms with Gasteiger partial charge in [0.25, 0.3) is 11.8 Å². The quantitative estimate of drug-likeness (QED) is 0.202. The van der Waals surface area contributed by atoms with Crippen LogP contribution in [0.25, 0.3) is 0 Å². The summed E-state index contributed by atoms with van der Waals surface area (Å²) >= 11 is 5.31. The molecule has 0 aliphatic rings. The molecule has 0 aromatic heterocycles. The fraction of sp³-hybridized carbons (Fsp3) is 0.0690. The monoisotopic (exact) mass is 511 g/mol. The second-order valence-electron chi connectivity index (χ2n) is 7.81. The molecule has 8 heteroatoms. The minimum absolute atomic E-state index is 0.0725. The molecule has 0 aliphatic carbocycles. The van der Waals surface area contributed by atoms with E-state index in [4.69, 9.17) is 21.7 Å². The first-order valence-electron chi connectivity index (χ1n) is 11.6. The topological polar surface area (TPSA) is 88.7 Å². The number of carbonyl (C=O) groups is 2. The molecule has 4 aromatic rings. The summed E-state index contributed by atoms with van der Waals surface area (Å²) in [6, 6.07) is 32.3. The second kappa shape index (κ2) is 12.9. The van der Waals surface area contributed by atoms with E-state index in [9.17, 15) is 9.59 Å². The molecule has 4 rings (SSSR count). The lowest BCUT2D eigenvalue weighted by molar-refractivity contribution is 0.0976. The van der Waals surface area contributed by atoms with Gasteiger partial charge in [-0.2, -0.15) is 0 Å². The first-order chi connectivity index (χ1) is 18.1. The molecule has 0 atom stereocenters. The molecule has 0 saturated heterocycles. The third kappa shape index (κ3) is 7.65. The van der Waals surface area contributed by atoms with Crippen molar-refractivity contribution in [3.05, 3.63) is 120 Å². The molecule has 0 saturated carbocycles. The van der Waals surface area contributed by atoms with Crippen LogP contribution < -0.4 is 25.4 Å². The maximum atomic E-state index is 12.8. The summed E-state index contributed by atoms with van der Waals surface area (Å²) in [6.07, 6.45) is 0. The lowest BCUT2D eigenvalue weighted by Gasteiger charge is -2.14. The van der Waals surface area contributed by atoms with Gasteiger partial charge in [0.05, 0.1) is 11.3 Å². The maximum absolute atomic E-state index is 12.8. The van der Waals surface area contributed by atoms with E-state index in [2.05, 4.69) is 16.0 Å². The summed E-state index contributed by atoms with van der Waals surface area (Å²) < 4.78 is 11.3. The standard InChI is InChI=1S/C29H25N3O4S/c33-27(21-15-17-24(18-16-21)36-20-19-35-23-11-5-2-6-12-23)32-29(37)31-26-14-8-7-13-25(26)28(34)30-22-9-3-1-4-10-22/h1-18H,19-20H2,(H,30,34)(H2,31,32,33,37). The SMILES string of the molecule is O=C(NC(=S)Nc1ccccc1C(=O)Nc1ccccc1)c1ccc(OCCOc2ccccc2)cc1. The molecule has 0 spiro atoms. The summed E-state index contributed by atoms with van der Waals surface area (Å²) in [6.45, 7) is 0.767. The van der Waals surface area contributed by atoms with Crippen molar-refractivity contribution >= 4 is 40.5 Å². The number of benzene rings is 4. The number of rotatable bonds is 9. The van der Waals surface area contributed by atoms with Gasteiger partial charge in [0.15, 0.2) is 5.11 Å². The Bertz CT molecular complexity index is 1350. The smallest absolute Gasteiger partial charge is 0.257 e. The van der Waals surface area contributed by atoms with Crippen molar-refractivity contribution in [1.29, 1.82) is 0 Å². The molecule has 0 heterocycles. The Balaban J connectivity index is 1.27. The number of ether oxygens (including phenoxy) is 2. The Morgan fingerprint density at radius 2 is 1.19 bits per heavy atom. The summed E-state index contributed by atoms with van der Waals surface area (Å²) in [5.41, 5.74) is 1.95. The van der Waals surface area contributed by atoms with Gasteiger partial charge in [0.1, 0.15) is 24.7 Å². The van der Waals surface area contributed by atoms with Gasteiger partial charge < -0.3 is 20.1 Å². The van der Waals surface area contributed by atoms with E-state index in [-0.39, 0.29) is 16.9 Å². The number of anilines is 2. The van der Waals surface area contributed by atoms with E-state index in [1.165, 1.54) is 0 Å². The molecular formula is C29H25N3O4S. The molecule has 2 amide bonds. The fourth-order valence-electron chi connectivity index (χ4n) is 3.38. The number of nitrogens with one attached hydrogen (secondary N) is 3. The van der Waals surface area contributed by atoms with Gasteiger partial charge in [0, 0.05) is 11.3 Å². The van der Waals surface area contributed by atoms with E-state index in [0.717, 1.165) is 5.75 Å². The van der Waals surface area contributed by atoms with E-state index in [1.807, 2.05) is 48.5 Å². The summed E-state index contributed by atoms with van der Waals surface area (Å²) in [5.74, 6) is 0.713. The van der Waals surface area contributed by atoms with E-state index < -0.39 is 0 Å². The number of para-hydroxylation sites is 3. The minimum Gasteiger partial charge on any atom is -0.490 e. The Kier molecular flexibility index (Phi) is 8.82. The van der Waals surface area contributed by atoms with Crippen LogP contribution in [0.3, 0.4) is 0 Å². The molecule has 4 aromatic carbocycles. The van der Waals surface area contributed by atoms with Crippen LogP contribution in [0, 0.1) is 0 Å². The van der Waals surface area contributed by atoms with Gasteiger partial charge in [-0.1, -0.05) is 48.5 Å². The highest BCUT2D eigenvalue weighted by Gasteiger charge is 2.14. The lowest BCUT2D eigenvalue weighted by atomic mass is 10.1. The van der Waals surface area contributed by atoms with Gasteiger partial charge in [0.2, 0.25) is 0 Å². The largest absolute Gasteiger partial charge is 0.490 e. The van der Waals surface area contributed by atoms with Crippen LogP contribution in [-0.4, -0.2) is 30.1 Å². The van der Waals surface area contributed by atoms with Crippen LogP contribution in [0.2, 0.25) is 0 Å². The molecule has 0 aliphatic heterocycles. The van der Waals surface area contributed by atoms with Crippen molar-refractivity contribution in [3.63, 3.8) is 0 Å². The molecule has 0 bridgehead atoms. The summed E-state index contributed by atoms with van der Waals surface area (Å²) in [4.78, 5) is 25.4. The van der Waals surface area contributed by atoms with Crippen molar-refractivity contribution < 1.29 is 19.1 Å². The lowest BCUT2D eigenvalue weighted by Crippen LogP contribution is -2.34. The zero-order valence-electron chi connectivity index (χ0n) is 19.8. The Morgan fingerprint density at radius 3 is 1.86 bits per heavy atom. The molecule has 3 N–H and O–H groups in total. The predicted molar refractivity (Wildman–Crippen MR) is 148 cm³/mol. The van der Waals surface area contributed by atoms with Crippen LogP contribution in [0.15, 0.2) is 109 Å². The van der Waals surface area contributed by atoms with Crippen LogP contribution in [0.5, 0.6) is 11.5 Å². The number of hydrogen-bond donors (Lipinski definition) is 3. The second-order valence-corrected chi connectivity index (χ2v) is 8.22. The van der Waals surface area contributed by atoms with Gasteiger partial charge in [-0.3, -0.25) is 14.9 Å². The summed E-state index contributed by atoms with van der Waals surface area (Å²) in [5, 5.41) is 8.49. The van der Waals surface area contributed by atoms with Crippen molar-refractivity contribution in [2.75, 3.05) is 23.8 Å². The minimum atomic E-state index is -0.386. The Hall–Kier alpha value is -4.69. The normalized spacial score (nSPS) is 10.2. The first-order valence-corrected chi connectivity index (χ1v) is 12.0. The van der Waals surface area contributed by atoms with Crippen LogP contribution in [0.4, 0.5) is 11.4 Å². The van der Waals surface area contributed by atoms with Crippen LogP contribution >= 0.6 is 12.2 Å². The number of thiocarbonyl (C=S) groups is 1. The van der Waals surface area contributed by atoms with Crippen molar-refractivity contribution in [2.24, 2.45) is 0 Å². The van der Waals surface area contributed by atoms with Gasteiger partial charge in [-0.25, -0.2) is 0 Å². The van der Waals surface area contributed by atoms with E-state index in [0.29, 0.717) is 41.5 Å². The number of hydrogen-bond acceptors (Lipinski definition) is 5. The molecule has 0 radical (unpaired) electrons. The zero-order chi connectivity index (χ0) is 25.9. The van der Waals surface area contributed by atoms with E-state index >= 15 is 0 Å². The van der Waals surface area contributed by atoms with Crippen molar-refractivity contribution in [2.45, 2.75) is 0 Å². The molecule has 37 heavy (non-hydrogen) atoms. The van der Waals surface area contributed by atoms with Crippen molar-refractivity contribution in [1.82, 2.24) is 5.32 Å². The molecule has 0 fully saturated rings. The molecule has 186 valence electrons. The van der Waals surface area contributed by atoms with Gasteiger partial charge in [-0.05, 0) is 72.9 Å². The average Bonchev–Trinajstić information content (AvgIpc) is 2.93. The highest BCUT2D eigenvalue weighted by Crippen LogP contribution is 2.18. The van der Waals surface area contributed by atoms with Crippen LogP contribution in [0.1, 0.15) is 20.7 Å². The fourth-order valence-corrected chi connectivity index (χ4v) is 3.58. The van der Waals surface area contributed by atoms with Crippen molar-refractivity contribution in [3.8, 4) is 11.5 Å². The number of amides is 2. The summed E-state index contributed by atoms with van der Waals surface area (Å²) in [7, 11) is 0. The third-order valence-electron chi connectivity index (χ3n) is 5.16. The highest BCUT2D eigenvalue weighted by molar-refractivity contribution is 7.80.